The molecule has 2 aromatic carbocycles. The Hall–Kier alpha value is -2.02. The van der Waals surface area contributed by atoms with Gasteiger partial charge in [-0.05, 0) is 49.4 Å². The van der Waals surface area contributed by atoms with E-state index in [2.05, 4.69) is 69.9 Å². The van der Waals surface area contributed by atoms with Crippen molar-refractivity contribution in [1.29, 1.82) is 0 Å². The lowest BCUT2D eigenvalue weighted by Crippen LogP contribution is -2.34. The zero-order valence-electron chi connectivity index (χ0n) is 18.1. The third-order valence-electron chi connectivity index (χ3n) is 6.56. The molecule has 29 heavy (non-hydrogen) atoms. The predicted molar refractivity (Wildman–Crippen MR) is 121 cm³/mol. The summed E-state index contributed by atoms with van der Waals surface area (Å²) >= 11 is 0. The molecule has 1 aliphatic heterocycles. The van der Waals surface area contributed by atoms with Crippen molar-refractivity contribution < 1.29 is 9.84 Å². The molecular weight excluding hydrogens is 355 g/mol. The molecule has 3 heteroatoms. The molecule has 0 aromatic heterocycles. The van der Waals surface area contributed by atoms with Crippen molar-refractivity contribution in [1.82, 2.24) is 0 Å². The van der Waals surface area contributed by atoms with Crippen molar-refractivity contribution in [2.24, 2.45) is 0 Å². The van der Waals surface area contributed by atoms with Crippen molar-refractivity contribution in [2.45, 2.75) is 64.4 Å². The molecule has 0 unspecified atom stereocenters. The smallest absolute Gasteiger partial charge is 0.130 e. The summed E-state index contributed by atoms with van der Waals surface area (Å²) in [5.41, 5.74) is 5.71. The van der Waals surface area contributed by atoms with Crippen LogP contribution in [0.3, 0.4) is 0 Å². The molecule has 1 N–H and O–H groups in total. The van der Waals surface area contributed by atoms with Gasteiger partial charge in [-0.25, -0.2) is 0 Å². The van der Waals surface area contributed by atoms with Crippen molar-refractivity contribution >= 4 is 13.3 Å². The second-order valence-corrected chi connectivity index (χ2v) is 8.28. The topological polar surface area (TPSA) is 29.5 Å². The normalized spacial score (nSPS) is 16.2. The van der Waals surface area contributed by atoms with Gasteiger partial charge in [-0.1, -0.05) is 67.0 Å². The Balaban J connectivity index is 1.97. The molecule has 0 aliphatic carbocycles. The lowest BCUT2D eigenvalue weighted by molar-refractivity contribution is -0.0261. The van der Waals surface area contributed by atoms with Crippen LogP contribution in [0.1, 0.15) is 67.3 Å². The summed E-state index contributed by atoms with van der Waals surface area (Å²) in [7, 11) is 6.06. The predicted octanol–water partition coefficient (Wildman–Crippen LogP) is 4.10. The summed E-state index contributed by atoms with van der Waals surface area (Å²) in [4.78, 5) is 0. The fourth-order valence-corrected chi connectivity index (χ4v) is 4.33. The molecule has 2 aromatic rings. The van der Waals surface area contributed by atoms with E-state index in [1.165, 1.54) is 11.1 Å². The third kappa shape index (κ3) is 4.45. The standard InChI is InChI=1S/C26H31BO2/c1-5-26(6-2,23-9-10-24(27)20(4)18-23)22-8-7-21(19(3)17-22)11-12-25(28)13-15-29-16-14-25/h7-10,17-18,28H,5-6,13-16H2,1-4H3. The molecule has 1 fully saturated rings. The van der Waals surface area contributed by atoms with Crippen molar-refractivity contribution in [2.75, 3.05) is 13.2 Å². The van der Waals surface area contributed by atoms with Gasteiger partial charge in [0.1, 0.15) is 13.4 Å². The minimum atomic E-state index is -0.929. The maximum Gasteiger partial charge on any atom is 0.130 e. The summed E-state index contributed by atoms with van der Waals surface area (Å²) < 4.78 is 5.34. The monoisotopic (exact) mass is 386 g/mol. The van der Waals surface area contributed by atoms with Gasteiger partial charge in [0.15, 0.2) is 0 Å². The molecule has 1 aliphatic rings. The maximum absolute atomic E-state index is 10.6. The Morgan fingerprint density at radius 2 is 1.59 bits per heavy atom. The molecule has 0 bridgehead atoms. The van der Waals surface area contributed by atoms with Crippen LogP contribution >= 0.6 is 0 Å². The third-order valence-corrected chi connectivity index (χ3v) is 6.56. The van der Waals surface area contributed by atoms with Gasteiger partial charge in [0.05, 0.1) is 13.2 Å². The first-order chi connectivity index (χ1) is 13.8. The zero-order chi connectivity index (χ0) is 21.1. The van der Waals surface area contributed by atoms with Crippen LogP contribution in [0.2, 0.25) is 0 Å². The summed E-state index contributed by atoms with van der Waals surface area (Å²) in [5, 5.41) is 10.6. The van der Waals surface area contributed by atoms with Crippen LogP contribution in [0.15, 0.2) is 36.4 Å². The van der Waals surface area contributed by atoms with E-state index in [1.807, 2.05) is 6.07 Å². The van der Waals surface area contributed by atoms with Crippen LogP contribution in [-0.4, -0.2) is 31.8 Å². The Morgan fingerprint density at radius 1 is 1.00 bits per heavy atom. The SMILES string of the molecule is [B]c1ccc(C(CC)(CC)c2ccc(C#CC3(O)CCOCC3)c(C)c2)cc1C. The molecule has 1 heterocycles. The van der Waals surface area contributed by atoms with Gasteiger partial charge in [0.25, 0.3) is 0 Å². The molecule has 2 radical (unpaired) electrons. The van der Waals surface area contributed by atoms with Gasteiger partial charge in [-0.2, -0.15) is 0 Å². The molecule has 0 amide bonds. The van der Waals surface area contributed by atoms with Crippen LogP contribution in [0.25, 0.3) is 0 Å². The number of rotatable bonds is 4. The maximum atomic E-state index is 10.6. The first kappa shape index (κ1) is 21.7. The van der Waals surface area contributed by atoms with Gasteiger partial charge in [-0.15, -0.1) is 0 Å². The van der Waals surface area contributed by atoms with Gasteiger partial charge < -0.3 is 9.84 Å². The van der Waals surface area contributed by atoms with Gasteiger partial charge in [-0.3, -0.25) is 0 Å². The van der Waals surface area contributed by atoms with Gasteiger partial charge >= 0.3 is 0 Å². The Bertz CT molecular complexity index is 925. The largest absolute Gasteiger partial charge is 0.381 e. The van der Waals surface area contributed by atoms with E-state index in [4.69, 9.17) is 12.6 Å². The average molecular weight is 386 g/mol. The molecule has 0 atom stereocenters. The molecular formula is C26H31BO2. The summed E-state index contributed by atoms with van der Waals surface area (Å²) in [6.07, 6.45) is 3.17. The van der Waals surface area contributed by atoms with Crippen LogP contribution < -0.4 is 5.46 Å². The number of aliphatic hydroxyl groups is 1. The highest BCUT2D eigenvalue weighted by atomic mass is 16.5. The number of benzene rings is 2. The summed E-state index contributed by atoms with van der Waals surface area (Å²) in [6.45, 7) is 9.81. The Labute approximate surface area is 177 Å². The second-order valence-electron chi connectivity index (χ2n) is 8.28. The highest BCUT2D eigenvalue weighted by molar-refractivity contribution is 6.33. The number of hydrogen-bond donors (Lipinski definition) is 1. The zero-order valence-corrected chi connectivity index (χ0v) is 18.1. The Kier molecular flexibility index (Phi) is 6.57. The summed E-state index contributed by atoms with van der Waals surface area (Å²) in [6, 6.07) is 13.0. The van der Waals surface area contributed by atoms with Crippen molar-refractivity contribution in [3.8, 4) is 11.8 Å². The summed E-state index contributed by atoms with van der Waals surface area (Å²) in [5.74, 6) is 6.32. The number of ether oxygens (including phenoxy) is 1. The molecule has 3 rings (SSSR count). The minimum Gasteiger partial charge on any atom is -0.381 e. The van der Waals surface area contributed by atoms with Crippen molar-refractivity contribution in [3.05, 3.63) is 64.2 Å². The van der Waals surface area contributed by atoms with E-state index < -0.39 is 5.60 Å². The lowest BCUT2D eigenvalue weighted by Gasteiger charge is -2.34. The van der Waals surface area contributed by atoms with Crippen LogP contribution in [-0.2, 0) is 10.2 Å². The number of hydrogen-bond acceptors (Lipinski definition) is 2. The Morgan fingerprint density at radius 3 is 2.14 bits per heavy atom. The quantitative estimate of drug-likeness (QED) is 0.634. The van der Waals surface area contributed by atoms with Crippen LogP contribution in [0, 0.1) is 25.7 Å². The molecule has 0 saturated carbocycles. The molecule has 1 saturated heterocycles. The van der Waals surface area contributed by atoms with E-state index in [9.17, 15) is 5.11 Å². The highest BCUT2D eigenvalue weighted by Gasteiger charge is 2.31. The second kappa shape index (κ2) is 8.78. The van der Waals surface area contributed by atoms with E-state index in [-0.39, 0.29) is 5.41 Å². The average Bonchev–Trinajstić information content (AvgIpc) is 2.72. The first-order valence-corrected chi connectivity index (χ1v) is 10.6. The van der Waals surface area contributed by atoms with Crippen LogP contribution in [0.4, 0.5) is 0 Å². The van der Waals surface area contributed by atoms with Crippen LogP contribution in [0.5, 0.6) is 0 Å². The van der Waals surface area contributed by atoms with E-state index in [0.29, 0.717) is 26.1 Å². The highest BCUT2D eigenvalue weighted by Crippen LogP contribution is 2.39. The molecule has 150 valence electrons. The minimum absolute atomic E-state index is 0.0475. The fraction of sp³-hybridized carbons (Fsp3) is 0.462. The van der Waals surface area contributed by atoms with E-state index in [0.717, 1.165) is 35.0 Å². The van der Waals surface area contributed by atoms with Gasteiger partial charge in [0.2, 0.25) is 0 Å². The first-order valence-electron chi connectivity index (χ1n) is 10.6. The fourth-order valence-electron chi connectivity index (χ4n) is 4.33. The van der Waals surface area contributed by atoms with Gasteiger partial charge in [0, 0.05) is 23.8 Å². The molecule has 2 nitrogen and oxygen atoms in total. The van der Waals surface area contributed by atoms with E-state index in [1.54, 1.807) is 0 Å². The number of aryl methyl sites for hydroxylation is 2. The molecule has 0 spiro atoms. The van der Waals surface area contributed by atoms with Crippen molar-refractivity contribution in [3.63, 3.8) is 0 Å². The lowest BCUT2D eigenvalue weighted by atomic mass is 9.69. The van der Waals surface area contributed by atoms with E-state index >= 15 is 0 Å².